The smallest absolute Gasteiger partial charge is 0.272 e. The molecule has 3 aromatic carbocycles. The molecule has 1 aromatic heterocycles. The van der Waals surface area contributed by atoms with E-state index in [4.69, 9.17) is 9.47 Å². The molecule has 0 aliphatic carbocycles. The highest BCUT2D eigenvalue weighted by atomic mass is 19.1. The summed E-state index contributed by atoms with van der Waals surface area (Å²) in [6, 6.07) is 26.6. The Labute approximate surface area is 226 Å². The van der Waals surface area contributed by atoms with Gasteiger partial charge in [0, 0.05) is 25.5 Å². The first-order valence-electron chi connectivity index (χ1n) is 12.9. The van der Waals surface area contributed by atoms with Crippen molar-refractivity contribution in [2.45, 2.75) is 18.6 Å². The third-order valence-corrected chi connectivity index (χ3v) is 6.83. The van der Waals surface area contributed by atoms with E-state index in [1.54, 1.807) is 22.9 Å². The minimum atomic E-state index is -1.10. The van der Waals surface area contributed by atoms with Crippen LogP contribution in [-0.4, -0.2) is 65.6 Å². The van der Waals surface area contributed by atoms with Crippen molar-refractivity contribution in [2.75, 3.05) is 33.4 Å². The lowest BCUT2D eigenvalue weighted by Gasteiger charge is -2.42. The minimum absolute atomic E-state index is 0.00641. The zero-order valence-electron chi connectivity index (χ0n) is 21.8. The van der Waals surface area contributed by atoms with E-state index in [-0.39, 0.29) is 43.8 Å². The highest BCUT2D eigenvalue weighted by molar-refractivity contribution is 5.95. The molecule has 1 aliphatic rings. The van der Waals surface area contributed by atoms with E-state index < -0.39 is 5.60 Å². The summed E-state index contributed by atoms with van der Waals surface area (Å²) in [7, 11) is 1.74. The molecule has 0 saturated carbocycles. The van der Waals surface area contributed by atoms with Gasteiger partial charge >= 0.3 is 0 Å². The summed E-state index contributed by atoms with van der Waals surface area (Å²) < 4.78 is 25.6. The highest BCUT2D eigenvalue weighted by Crippen LogP contribution is 2.27. The molecule has 1 fully saturated rings. The first kappa shape index (κ1) is 26.3. The number of hydrogen-bond donors (Lipinski definition) is 0. The van der Waals surface area contributed by atoms with Crippen molar-refractivity contribution in [1.29, 1.82) is 0 Å². The lowest BCUT2D eigenvalue weighted by atomic mass is 9.96. The summed E-state index contributed by atoms with van der Waals surface area (Å²) in [6.45, 7) is 1.20. The Morgan fingerprint density at radius 2 is 1.74 bits per heavy atom. The first-order valence-corrected chi connectivity index (χ1v) is 12.9. The second kappa shape index (κ2) is 11.6. The minimum Gasteiger partial charge on any atom is -0.490 e. The summed E-state index contributed by atoms with van der Waals surface area (Å²) in [5.41, 5.74) is 0.978. The highest BCUT2D eigenvalue weighted by Gasteiger charge is 2.42. The predicted molar refractivity (Wildman–Crippen MR) is 146 cm³/mol. The summed E-state index contributed by atoms with van der Waals surface area (Å²) in [4.78, 5) is 34.8. The fourth-order valence-electron chi connectivity index (χ4n) is 4.71. The Hall–Kier alpha value is -4.30. The molecule has 7 nitrogen and oxygen atoms in total. The van der Waals surface area contributed by atoms with Crippen molar-refractivity contribution in [3.8, 4) is 5.75 Å². The quantitative estimate of drug-likeness (QED) is 0.332. The van der Waals surface area contributed by atoms with E-state index in [0.29, 0.717) is 24.5 Å². The normalized spacial score (nSPS) is 17.1. The Balaban J connectivity index is 1.36. The average molecular weight is 528 g/mol. The van der Waals surface area contributed by atoms with Crippen LogP contribution in [0.25, 0.3) is 10.9 Å². The van der Waals surface area contributed by atoms with Gasteiger partial charge in [-0.1, -0.05) is 54.6 Å². The molecule has 1 saturated heterocycles. The number of carbonyl (C=O) groups is 2. The summed E-state index contributed by atoms with van der Waals surface area (Å²) in [5.74, 6) is -0.299. The number of aromatic nitrogens is 1. The zero-order valence-corrected chi connectivity index (χ0v) is 21.8. The maximum Gasteiger partial charge on any atom is 0.272 e. The monoisotopic (exact) mass is 527 g/mol. The molecule has 0 N–H and O–H groups in total. The maximum absolute atomic E-state index is 13.5. The predicted octanol–water partition coefficient (Wildman–Crippen LogP) is 4.71. The van der Waals surface area contributed by atoms with Crippen molar-refractivity contribution < 1.29 is 23.5 Å². The second-order valence-corrected chi connectivity index (χ2v) is 9.80. The van der Waals surface area contributed by atoms with Crippen LogP contribution in [0.5, 0.6) is 5.75 Å². The van der Waals surface area contributed by atoms with E-state index in [9.17, 15) is 14.0 Å². The molecule has 1 atom stereocenters. The Kier molecular flexibility index (Phi) is 7.84. The fraction of sp³-hybridized carbons (Fsp3) is 0.258. The number of pyridine rings is 1. The van der Waals surface area contributed by atoms with Gasteiger partial charge in [-0.2, -0.15) is 0 Å². The van der Waals surface area contributed by atoms with Crippen LogP contribution in [0.15, 0.2) is 91.0 Å². The lowest BCUT2D eigenvalue weighted by molar-refractivity contribution is -0.152. The molecule has 4 aromatic rings. The number of benzene rings is 3. The van der Waals surface area contributed by atoms with Crippen molar-refractivity contribution >= 4 is 22.7 Å². The third kappa shape index (κ3) is 6.41. The van der Waals surface area contributed by atoms with Crippen molar-refractivity contribution in [1.82, 2.24) is 14.8 Å². The summed E-state index contributed by atoms with van der Waals surface area (Å²) in [6.07, 6.45) is 0.00641. The molecule has 2 amide bonds. The number of fused-ring (bicyclic) bond motifs is 1. The van der Waals surface area contributed by atoms with Crippen LogP contribution in [-0.2, 0) is 16.1 Å². The van der Waals surface area contributed by atoms with E-state index in [2.05, 4.69) is 4.98 Å². The molecule has 39 heavy (non-hydrogen) atoms. The van der Waals surface area contributed by atoms with E-state index in [0.717, 1.165) is 16.5 Å². The van der Waals surface area contributed by atoms with Crippen molar-refractivity contribution in [3.63, 3.8) is 0 Å². The standard InChI is InChI=1S/C31H30FN3O4/c1-34(20-23-7-3-2-4-8-23)29(36)19-31(22-38-26-14-12-25(32)13-15-26)21-35(17-18-39-31)30(37)28-16-11-24-9-5-6-10-27(24)33-28/h2-16H,17-22H2,1H3/t31-/m0/s1. The van der Waals surface area contributed by atoms with Crippen LogP contribution in [0.3, 0.4) is 0 Å². The van der Waals surface area contributed by atoms with Gasteiger partial charge in [-0.3, -0.25) is 9.59 Å². The van der Waals surface area contributed by atoms with Gasteiger partial charge < -0.3 is 19.3 Å². The summed E-state index contributed by atoms with van der Waals surface area (Å²) in [5, 5.41) is 0.949. The second-order valence-electron chi connectivity index (χ2n) is 9.80. The molecule has 8 heteroatoms. The van der Waals surface area contributed by atoms with Gasteiger partial charge in [-0.15, -0.1) is 0 Å². The molecule has 5 rings (SSSR count). The fourth-order valence-corrected chi connectivity index (χ4v) is 4.71. The Bertz CT molecular complexity index is 1450. The molecule has 0 unspecified atom stereocenters. The van der Waals surface area contributed by atoms with Gasteiger partial charge in [0.15, 0.2) is 0 Å². The van der Waals surface area contributed by atoms with Crippen LogP contribution in [0, 0.1) is 5.82 Å². The molecule has 0 bridgehead atoms. The van der Waals surface area contributed by atoms with Gasteiger partial charge in [-0.05, 0) is 42.0 Å². The molecule has 1 aliphatic heterocycles. The Morgan fingerprint density at radius 3 is 2.54 bits per heavy atom. The number of halogens is 1. The molecular weight excluding hydrogens is 497 g/mol. The Morgan fingerprint density at radius 1 is 1.00 bits per heavy atom. The number of amides is 2. The number of hydrogen-bond acceptors (Lipinski definition) is 5. The lowest BCUT2D eigenvalue weighted by Crippen LogP contribution is -2.58. The summed E-state index contributed by atoms with van der Waals surface area (Å²) >= 11 is 0. The van der Waals surface area contributed by atoms with Crippen LogP contribution >= 0.6 is 0 Å². The number of morpholine rings is 1. The van der Waals surface area contributed by atoms with E-state index in [1.807, 2.05) is 60.7 Å². The third-order valence-electron chi connectivity index (χ3n) is 6.83. The average Bonchev–Trinajstić information content (AvgIpc) is 2.97. The maximum atomic E-state index is 13.5. The topological polar surface area (TPSA) is 72.0 Å². The first-order chi connectivity index (χ1) is 18.9. The van der Waals surface area contributed by atoms with Gasteiger partial charge in [0.2, 0.25) is 5.91 Å². The number of nitrogens with zero attached hydrogens (tertiary/aromatic N) is 3. The number of carbonyl (C=O) groups excluding carboxylic acids is 2. The van der Waals surface area contributed by atoms with Crippen LogP contribution in [0.2, 0.25) is 0 Å². The van der Waals surface area contributed by atoms with Crippen LogP contribution in [0.1, 0.15) is 22.5 Å². The zero-order chi connectivity index (χ0) is 27.2. The molecule has 0 radical (unpaired) electrons. The molecule has 0 spiro atoms. The van der Waals surface area contributed by atoms with Crippen molar-refractivity contribution in [2.24, 2.45) is 0 Å². The van der Waals surface area contributed by atoms with E-state index in [1.165, 1.54) is 24.3 Å². The van der Waals surface area contributed by atoms with E-state index >= 15 is 0 Å². The molecule has 200 valence electrons. The van der Waals surface area contributed by atoms with Gasteiger partial charge in [0.1, 0.15) is 29.5 Å². The SMILES string of the molecule is CN(Cc1ccccc1)C(=O)C[C@@]1(COc2ccc(F)cc2)CN(C(=O)c2ccc3ccccc3n2)CCO1. The number of rotatable bonds is 8. The molecular formula is C31H30FN3O4. The largest absolute Gasteiger partial charge is 0.490 e. The number of ether oxygens (including phenoxy) is 2. The van der Waals surface area contributed by atoms with Crippen molar-refractivity contribution in [3.05, 3.63) is 108 Å². The van der Waals surface area contributed by atoms with Gasteiger partial charge in [-0.25, -0.2) is 9.37 Å². The number of para-hydroxylation sites is 1. The molecule has 2 heterocycles. The van der Waals surface area contributed by atoms with Gasteiger partial charge in [0.05, 0.1) is 25.1 Å². The van der Waals surface area contributed by atoms with Crippen LogP contribution < -0.4 is 4.74 Å². The van der Waals surface area contributed by atoms with Gasteiger partial charge in [0.25, 0.3) is 5.91 Å². The van der Waals surface area contributed by atoms with Crippen LogP contribution in [0.4, 0.5) is 4.39 Å².